The third kappa shape index (κ3) is 1.82. The van der Waals surface area contributed by atoms with Crippen LogP contribution in [0.5, 0.6) is 0 Å². The smallest absolute Gasteiger partial charge is 0.00539 e. The van der Waals surface area contributed by atoms with E-state index in [0.717, 1.165) is 6.04 Å². The highest BCUT2D eigenvalue weighted by atomic mass is 15.2. The molecule has 2 heterocycles. The summed E-state index contributed by atoms with van der Waals surface area (Å²) in [5.74, 6) is 0. The van der Waals surface area contributed by atoms with E-state index in [1.807, 2.05) is 0 Å². The van der Waals surface area contributed by atoms with Gasteiger partial charge in [0.15, 0.2) is 0 Å². The van der Waals surface area contributed by atoms with E-state index in [4.69, 9.17) is 0 Å². The highest BCUT2D eigenvalue weighted by molar-refractivity contribution is 4.97. The molecule has 2 nitrogen and oxygen atoms in total. The van der Waals surface area contributed by atoms with Gasteiger partial charge in [0.25, 0.3) is 0 Å². The van der Waals surface area contributed by atoms with Crippen molar-refractivity contribution in [3.05, 3.63) is 0 Å². The summed E-state index contributed by atoms with van der Waals surface area (Å²) in [5.41, 5.74) is 0.667. The van der Waals surface area contributed by atoms with Gasteiger partial charge in [-0.1, -0.05) is 6.92 Å². The molecule has 0 aromatic carbocycles. The van der Waals surface area contributed by atoms with Gasteiger partial charge in [0.05, 0.1) is 0 Å². The van der Waals surface area contributed by atoms with Crippen molar-refractivity contribution in [3.8, 4) is 0 Å². The largest absolute Gasteiger partial charge is 0.303 e. The Morgan fingerprint density at radius 2 is 1.86 bits per heavy atom. The molecular weight excluding hydrogens is 172 g/mol. The number of nitrogens with zero attached hydrogens (tertiary/aromatic N) is 2. The standard InChI is InChI=1S/C12H24N2/c1-4-13-7-5-12(9-13)6-8-14(10-12)11(2)3/h11H,4-10H2,1-3H3/t12-/m1/s1. The molecule has 0 N–H and O–H groups in total. The molecule has 82 valence electrons. The van der Waals surface area contributed by atoms with Crippen LogP contribution in [0.25, 0.3) is 0 Å². The second-order valence-corrected chi connectivity index (χ2v) is 5.43. The minimum absolute atomic E-state index is 0.667. The molecule has 2 aliphatic heterocycles. The normalized spacial score (nSPS) is 35.1. The van der Waals surface area contributed by atoms with Gasteiger partial charge in [-0.2, -0.15) is 0 Å². The molecule has 2 aliphatic rings. The highest BCUT2D eigenvalue weighted by Crippen LogP contribution is 2.39. The molecule has 0 bridgehead atoms. The van der Waals surface area contributed by atoms with E-state index >= 15 is 0 Å². The minimum Gasteiger partial charge on any atom is -0.303 e. The maximum atomic E-state index is 2.65. The zero-order chi connectivity index (χ0) is 10.2. The Morgan fingerprint density at radius 3 is 2.36 bits per heavy atom. The first-order chi connectivity index (χ1) is 6.65. The Morgan fingerprint density at radius 1 is 1.14 bits per heavy atom. The number of hydrogen-bond donors (Lipinski definition) is 0. The van der Waals surface area contributed by atoms with Gasteiger partial charge in [-0.05, 0) is 51.7 Å². The molecule has 0 radical (unpaired) electrons. The fraction of sp³-hybridized carbons (Fsp3) is 1.00. The monoisotopic (exact) mass is 196 g/mol. The third-order valence-electron chi connectivity index (χ3n) is 4.16. The van der Waals surface area contributed by atoms with Gasteiger partial charge in [0.2, 0.25) is 0 Å². The van der Waals surface area contributed by atoms with E-state index in [2.05, 4.69) is 30.6 Å². The molecule has 1 spiro atoms. The molecule has 2 rings (SSSR count). The van der Waals surface area contributed by atoms with Gasteiger partial charge in [-0.25, -0.2) is 0 Å². The number of rotatable bonds is 2. The third-order valence-corrected chi connectivity index (χ3v) is 4.16. The summed E-state index contributed by atoms with van der Waals surface area (Å²) in [6.45, 7) is 13.5. The summed E-state index contributed by atoms with van der Waals surface area (Å²) < 4.78 is 0. The Hall–Kier alpha value is -0.0800. The van der Waals surface area contributed by atoms with Gasteiger partial charge < -0.3 is 9.80 Å². The number of hydrogen-bond acceptors (Lipinski definition) is 2. The molecular formula is C12H24N2. The predicted molar refractivity (Wildman–Crippen MR) is 60.5 cm³/mol. The molecule has 1 atom stereocenters. The summed E-state index contributed by atoms with van der Waals surface area (Å²) in [6.07, 6.45) is 2.87. The van der Waals surface area contributed by atoms with Gasteiger partial charge in [0, 0.05) is 19.1 Å². The topological polar surface area (TPSA) is 6.48 Å². The number of likely N-dealkylation sites (tertiary alicyclic amines) is 2. The van der Waals surface area contributed by atoms with E-state index in [9.17, 15) is 0 Å². The molecule has 2 heteroatoms. The molecule has 0 aromatic heterocycles. The Kier molecular flexibility index (Phi) is 2.85. The van der Waals surface area contributed by atoms with Crippen molar-refractivity contribution in [3.63, 3.8) is 0 Å². The van der Waals surface area contributed by atoms with Crippen LogP contribution in [0.15, 0.2) is 0 Å². The minimum atomic E-state index is 0.667. The van der Waals surface area contributed by atoms with E-state index in [-0.39, 0.29) is 0 Å². The average Bonchev–Trinajstić information content (AvgIpc) is 2.74. The van der Waals surface area contributed by atoms with E-state index < -0.39 is 0 Å². The highest BCUT2D eigenvalue weighted by Gasteiger charge is 2.43. The molecule has 0 aliphatic carbocycles. The van der Waals surface area contributed by atoms with Gasteiger partial charge >= 0.3 is 0 Å². The second-order valence-electron chi connectivity index (χ2n) is 5.43. The van der Waals surface area contributed by atoms with Gasteiger partial charge in [0.1, 0.15) is 0 Å². The lowest BCUT2D eigenvalue weighted by molar-refractivity contribution is 0.218. The zero-order valence-corrected chi connectivity index (χ0v) is 9.92. The van der Waals surface area contributed by atoms with Crippen molar-refractivity contribution in [2.24, 2.45) is 5.41 Å². The molecule has 2 saturated heterocycles. The van der Waals surface area contributed by atoms with Crippen molar-refractivity contribution in [1.82, 2.24) is 9.80 Å². The average molecular weight is 196 g/mol. The fourth-order valence-electron chi connectivity index (χ4n) is 3.04. The first-order valence-electron chi connectivity index (χ1n) is 6.12. The van der Waals surface area contributed by atoms with Crippen LogP contribution in [-0.2, 0) is 0 Å². The summed E-state index contributed by atoms with van der Waals surface area (Å²) >= 11 is 0. The zero-order valence-electron chi connectivity index (χ0n) is 9.92. The first-order valence-corrected chi connectivity index (χ1v) is 6.12. The maximum absolute atomic E-state index is 2.65. The van der Waals surface area contributed by atoms with E-state index in [0.29, 0.717) is 5.41 Å². The molecule has 0 aromatic rings. The lowest BCUT2D eigenvalue weighted by Gasteiger charge is -2.26. The first kappa shape index (κ1) is 10.4. The van der Waals surface area contributed by atoms with Crippen LogP contribution in [0, 0.1) is 5.41 Å². The van der Waals surface area contributed by atoms with Crippen LogP contribution in [0.3, 0.4) is 0 Å². The van der Waals surface area contributed by atoms with E-state index in [1.165, 1.54) is 45.6 Å². The molecule has 0 saturated carbocycles. The maximum Gasteiger partial charge on any atom is 0.00539 e. The lowest BCUT2D eigenvalue weighted by atomic mass is 9.86. The lowest BCUT2D eigenvalue weighted by Crippen LogP contribution is -2.33. The summed E-state index contributed by atoms with van der Waals surface area (Å²) in [7, 11) is 0. The van der Waals surface area contributed by atoms with Crippen molar-refractivity contribution >= 4 is 0 Å². The van der Waals surface area contributed by atoms with Gasteiger partial charge in [-0.15, -0.1) is 0 Å². The summed E-state index contributed by atoms with van der Waals surface area (Å²) in [4.78, 5) is 5.27. The van der Waals surface area contributed by atoms with Crippen molar-refractivity contribution in [2.45, 2.75) is 39.7 Å². The molecule has 2 fully saturated rings. The molecule has 0 amide bonds. The van der Waals surface area contributed by atoms with Crippen LogP contribution in [-0.4, -0.2) is 48.6 Å². The fourth-order valence-corrected chi connectivity index (χ4v) is 3.04. The second kappa shape index (κ2) is 3.82. The van der Waals surface area contributed by atoms with Crippen molar-refractivity contribution in [1.29, 1.82) is 0 Å². The Bertz CT molecular complexity index is 202. The Labute approximate surface area is 88.3 Å². The van der Waals surface area contributed by atoms with Crippen molar-refractivity contribution in [2.75, 3.05) is 32.7 Å². The summed E-state index contributed by atoms with van der Waals surface area (Å²) in [6, 6.07) is 0.741. The van der Waals surface area contributed by atoms with Crippen LogP contribution in [0.1, 0.15) is 33.6 Å². The summed E-state index contributed by atoms with van der Waals surface area (Å²) in [5, 5.41) is 0. The SMILES string of the molecule is CCN1CC[C@@]2(CCN(C(C)C)C2)C1. The molecule has 0 unspecified atom stereocenters. The Balaban J connectivity index is 1.94. The molecule has 14 heavy (non-hydrogen) atoms. The quantitative estimate of drug-likeness (QED) is 0.664. The van der Waals surface area contributed by atoms with Crippen LogP contribution in [0.4, 0.5) is 0 Å². The van der Waals surface area contributed by atoms with Gasteiger partial charge in [-0.3, -0.25) is 0 Å². The predicted octanol–water partition coefficient (Wildman–Crippen LogP) is 1.81. The van der Waals surface area contributed by atoms with Crippen LogP contribution >= 0.6 is 0 Å². The van der Waals surface area contributed by atoms with Crippen LogP contribution in [0.2, 0.25) is 0 Å². The van der Waals surface area contributed by atoms with E-state index in [1.54, 1.807) is 0 Å². The van der Waals surface area contributed by atoms with Crippen molar-refractivity contribution < 1.29 is 0 Å². The van der Waals surface area contributed by atoms with Crippen LogP contribution < -0.4 is 0 Å².